The Balaban J connectivity index is 1.74. The molecule has 1 aliphatic rings. The Kier molecular flexibility index (Phi) is 6.39. The van der Waals surface area contributed by atoms with Crippen LogP contribution in [0, 0.1) is 0 Å². The number of nitrogens with one attached hydrogen (secondary N) is 1. The van der Waals surface area contributed by atoms with E-state index in [1.54, 1.807) is 24.3 Å². The number of rotatable bonds is 7. The molecule has 2 aromatic rings. The summed E-state index contributed by atoms with van der Waals surface area (Å²) in [6.45, 7) is -0.0931. The van der Waals surface area contributed by atoms with Crippen LogP contribution in [-0.2, 0) is 16.6 Å². The lowest BCUT2D eigenvalue weighted by Gasteiger charge is -2.24. The predicted octanol–water partition coefficient (Wildman–Crippen LogP) is 3.87. The summed E-state index contributed by atoms with van der Waals surface area (Å²) in [6.07, 6.45) is -3.16. The van der Waals surface area contributed by atoms with Gasteiger partial charge in [0.25, 0.3) is 0 Å². The minimum Gasteiger partial charge on any atom is -0.392 e. The number of halogens is 3. The van der Waals surface area contributed by atoms with Crippen LogP contribution >= 0.6 is 0 Å². The summed E-state index contributed by atoms with van der Waals surface area (Å²) < 4.78 is 62.9. The van der Waals surface area contributed by atoms with Gasteiger partial charge >= 0.3 is 6.18 Å². The van der Waals surface area contributed by atoms with Gasteiger partial charge in [-0.1, -0.05) is 36.4 Å². The van der Waals surface area contributed by atoms with Crippen LogP contribution in [0.1, 0.15) is 30.4 Å². The average Bonchev–Trinajstić information content (AvgIpc) is 2.65. The van der Waals surface area contributed by atoms with Crippen molar-refractivity contribution in [3.8, 4) is 0 Å². The summed E-state index contributed by atoms with van der Waals surface area (Å²) in [5, 5.41) is 22.2. The first-order valence-electron chi connectivity index (χ1n) is 9.17. The van der Waals surface area contributed by atoms with Crippen molar-refractivity contribution in [2.45, 2.75) is 32.0 Å². The molecule has 0 spiro atoms. The summed E-state index contributed by atoms with van der Waals surface area (Å²) in [5.74, 6) is -0.664. The molecule has 0 bridgehead atoms. The fraction of sp³-hybridized carbons (Fsp3) is 0.300. The fourth-order valence-electron chi connectivity index (χ4n) is 3.24. The largest absolute Gasteiger partial charge is 0.392 e. The van der Waals surface area contributed by atoms with Gasteiger partial charge in [0.05, 0.1) is 24.3 Å². The SMILES string of the molecule is O=S(=O)(CCCC(F)(F)F)NC1=CN(O)C(c2cccc3cc(CO)ccc23)=CC1. The normalized spacial score (nSPS) is 15.2. The van der Waals surface area contributed by atoms with Gasteiger partial charge in [-0.15, -0.1) is 0 Å². The zero-order chi connectivity index (χ0) is 21.9. The molecule has 0 aliphatic carbocycles. The molecular weight excluding hydrogens is 421 g/mol. The number of nitrogens with zero attached hydrogens (tertiary/aromatic N) is 1. The molecule has 0 saturated heterocycles. The second kappa shape index (κ2) is 8.66. The van der Waals surface area contributed by atoms with E-state index < -0.39 is 34.8 Å². The van der Waals surface area contributed by atoms with E-state index in [1.165, 1.54) is 6.20 Å². The number of hydrogen-bond acceptors (Lipinski definition) is 5. The van der Waals surface area contributed by atoms with Gasteiger partial charge in [0, 0.05) is 24.1 Å². The highest BCUT2D eigenvalue weighted by atomic mass is 32.2. The molecule has 3 N–H and O–H groups in total. The molecule has 1 aliphatic heterocycles. The smallest absolute Gasteiger partial charge is 0.389 e. The van der Waals surface area contributed by atoms with E-state index >= 15 is 0 Å². The maximum Gasteiger partial charge on any atom is 0.389 e. The Labute approximate surface area is 171 Å². The molecule has 0 atom stereocenters. The predicted molar refractivity (Wildman–Crippen MR) is 106 cm³/mol. The molecule has 0 amide bonds. The summed E-state index contributed by atoms with van der Waals surface area (Å²) in [4.78, 5) is 0. The molecule has 10 heteroatoms. The van der Waals surface area contributed by atoms with Crippen LogP contribution in [0.25, 0.3) is 16.5 Å². The second-order valence-electron chi connectivity index (χ2n) is 6.95. The quantitative estimate of drug-likeness (QED) is 0.606. The van der Waals surface area contributed by atoms with Crippen LogP contribution in [0.4, 0.5) is 13.2 Å². The van der Waals surface area contributed by atoms with Gasteiger partial charge in [-0.05, 0) is 28.8 Å². The second-order valence-corrected chi connectivity index (χ2v) is 8.79. The number of aliphatic hydroxyl groups excluding tert-OH is 1. The van der Waals surface area contributed by atoms with E-state index in [0.717, 1.165) is 21.4 Å². The van der Waals surface area contributed by atoms with Gasteiger partial charge in [0.15, 0.2) is 0 Å². The van der Waals surface area contributed by atoms with Gasteiger partial charge in [-0.2, -0.15) is 13.2 Å². The van der Waals surface area contributed by atoms with Crippen LogP contribution < -0.4 is 4.72 Å². The molecule has 0 aromatic heterocycles. The van der Waals surface area contributed by atoms with Crippen molar-refractivity contribution >= 4 is 26.5 Å². The van der Waals surface area contributed by atoms with E-state index in [1.807, 2.05) is 18.2 Å². The zero-order valence-corrected chi connectivity index (χ0v) is 16.7. The first kappa shape index (κ1) is 22.1. The minimum absolute atomic E-state index is 0.0931. The number of benzene rings is 2. The van der Waals surface area contributed by atoms with Crippen LogP contribution in [-0.4, -0.2) is 35.7 Å². The zero-order valence-electron chi connectivity index (χ0n) is 15.9. The Morgan fingerprint density at radius 3 is 2.60 bits per heavy atom. The first-order valence-corrected chi connectivity index (χ1v) is 10.8. The summed E-state index contributed by atoms with van der Waals surface area (Å²) >= 11 is 0. The molecule has 6 nitrogen and oxygen atoms in total. The maximum atomic E-state index is 12.2. The monoisotopic (exact) mass is 442 g/mol. The molecule has 3 rings (SSSR count). The lowest BCUT2D eigenvalue weighted by atomic mass is 9.98. The molecule has 0 radical (unpaired) electrons. The van der Waals surface area contributed by atoms with Gasteiger partial charge in [-0.25, -0.2) is 13.5 Å². The topological polar surface area (TPSA) is 89.9 Å². The third-order valence-electron chi connectivity index (χ3n) is 4.60. The standard InChI is InChI=1S/C20H21F3N2O4S/c21-20(22,23)9-2-10-30(28,29)24-16-6-8-19(25(27)12-16)18-4-1-3-15-11-14(13-26)5-7-17(15)18/h1,3-5,7-8,11-12,24,26-27H,2,6,9-10,13H2. The van der Waals surface area contributed by atoms with Gasteiger partial charge in [0.1, 0.15) is 0 Å². The lowest BCUT2D eigenvalue weighted by molar-refractivity contribution is -0.134. The first-order chi connectivity index (χ1) is 14.1. The number of aliphatic hydroxyl groups is 1. The van der Waals surface area contributed by atoms with Crippen molar-refractivity contribution in [2.75, 3.05) is 5.75 Å². The average molecular weight is 442 g/mol. The summed E-state index contributed by atoms with van der Waals surface area (Å²) in [7, 11) is -3.96. The van der Waals surface area contributed by atoms with Crippen LogP contribution in [0.3, 0.4) is 0 Å². The van der Waals surface area contributed by atoms with E-state index in [0.29, 0.717) is 11.3 Å². The minimum atomic E-state index is -4.41. The van der Waals surface area contributed by atoms with Crippen molar-refractivity contribution < 1.29 is 31.9 Å². The highest BCUT2D eigenvalue weighted by molar-refractivity contribution is 7.89. The molecule has 162 valence electrons. The van der Waals surface area contributed by atoms with Crippen LogP contribution in [0.2, 0.25) is 0 Å². The number of sulfonamides is 1. The van der Waals surface area contributed by atoms with E-state index in [4.69, 9.17) is 0 Å². The van der Waals surface area contributed by atoms with E-state index in [9.17, 15) is 31.9 Å². The summed E-state index contributed by atoms with van der Waals surface area (Å²) in [6, 6.07) is 10.9. The highest BCUT2D eigenvalue weighted by Crippen LogP contribution is 2.31. The Morgan fingerprint density at radius 2 is 1.93 bits per heavy atom. The lowest BCUT2D eigenvalue weighted by Crippen LogP contribution is -2.29. The Bertz CT molecular complexity index is 1090. The molecule has 0 saturated carbocycles. The number of alkyl halides is 3. The number of fused-ring (bicyclic) bond motifs is 1. The molecular formula is C20H21F3N2O4S. The number of allylic oxidation sites excluding steroid dienone is 1. The van der Waals surface area contributed by atoms with Crippen molar-refractivity contribution in [1.29, 1.82) is 0 Å². The van der Waals surface area contributed by atoms with Gasteiger partial charge < -0.3 is 5.11 Å². The van der Waals surface area contributed by atoms with Gasteiger partial charge in [-0.3, -0.25) is 9.93 Å². The fourth-order valence-corrected chi connectivity index (χ4v) is 4.40. The maximum absolute atomic E-state index is 12.2. The van der Waals surface area contributed by atoms with Crippen LogP contribution in [0.15, 0.2) is 54.4 Å². The van der Waals surface area contributed by atoms with Crippen molar-refractivity contribution in [1.82, 2.24) is 9.79 Å². The summed E-state index contributed by atoms with van der Waals surface area (Å²) in [5.41, 5.74) is 2.05. The third-order valence-corrected chi connectivity index (χ3v) is 6.00. The number of hydrogen-bond donors (Lipinski definition) is 3. The number of hydroxylamine groups is 2. The third kappa shape index (κ3) is 5.53. The Hall–Kier alpha value is -2.56. The molecule has 1 heterocycles. The molecule has 2 aromatic carbocycles. The molecule has 0 unspecified atom stereocenters. The van der Waals surface area contributed by atoms with Gasteiger partial charge in [0.2, 0.25) is 10.0 Å². The van der Waals surface area contributed by atoms with Crippen LogP contribution in [0.5, 0.6) is 0 Å². The van der Waals surface area contributed by atoms with E-state index in [2.05, 4.69) is 4.72 Å². The Morgan fingerprint density at radius 1 is 1.17 bits per heavy atom. The molecule has 0 fully saturated rings. The van der Waals surface area contributed by atoms with Crippen molar-refractivity contribution in [2.24, 2.45) is 0 Å². The van der Waals surface area contributed by atoms with Crippen molar-refractivity contribution in [3.63, 3.8) is 0 Å². The van der Waals surface area contributed by atoms with E-state index in [-0.39, 0.29) is 18.7 Å². The molecule has 30 heavy (non-hydrogen) atoms. The highest BCUT2D eigenvalue weighted by Gasteiger charge is 2.28. The van der Waals surface area contributed by atoms with Crippen molar-refractivity contribution in [3.05, 3.63) is 65.5 Å².